The van der Waals surface area contributed by atoms with Crippen LogP contribution < -0.4 is 5.32 Å². The largest absolute Gasteiger partial charge is 0.480 e. The lowest BCUT2D eigenvalue weighted by Gasteiger charge is -2.11. The van der Waals surface area contributed by atoms with Crippen LogP contribution in [0.1, 0.15) is 47.3 Å². The second-order valence-corrected chi connectivity index (χ2v) is 5.35. The van der Waals surface area contributed by atoms with Crippen molar-refractivity contribution in [2.24, 2.45) is 0 Å². The normalized spacial score (nSPS) is 10.8. The van der Waals surface area contributed by atoms with E-state index in [1.165, 1.54) is 17.1 Å². The molecule has 0 saturated heterocycles. The fourth-order valence-corrected chi connectivity index (χ4v) is 2.00. The third-order valence-electron chi connectivity index (χ3n) is 3.04. The van der Waals surface area contributed by atoms with Gasteiger partial charge in [0, 0.05) is 6.20 Å². The number of carboxylic acid groups (broad SMARTS) is 1. The number of amides is 1. The number of aromatic nitrogens is 5. The maximum atomic E-state index is 12.3. The lowest BCUT2D eigenvalue weighted by molar-refractivity contribution is -0.137. The quantitative estimate of drug-likeness (QED) is 0.795. The first kappa shape index (κ1) is 16.5. The molecule has 0 aliphatic heterocycles. The van der Waals surface area contributed by atoms with E-state index in [1.54, 1.807) is 6.92 Å². The van der Waals surface area contributed by atoms with Gasteiger partial charge in [-0.15, -0.1) is 5.10 Å². The Morgan fingerprint density at radius 2 is 2.13 bits per heavy atom. The highest BCUT2D eigenvalue weighted by molar-refractivity contribution is 5.95. The Labute approximate surface area is 132 Å². The molecule has 9 heteroatoms. The Kier molecular flexibility index (Phi) is 4.99. The third kappa shape index (κ3) is 4.31. The molecule has 0 spiro atoms. The van der Waals surface area contributed by atoms with Crippen LogP contribution in [0.15, 0.2) is 12.4 Å². The number of carbonyl (C=O) groups is 2. The van der Waals surface area contributed by atoms with Crippen molar-refractivity contribution in [2.75, 3.05) is 0 Å². The van der Waals surface area contributed by atoms with E-state index in [2.05, 4.69) is 25.6 Å². The highest BCUT2D eigenvalue weighted by Gasteiger charge is 2.16. The second-order valence-electron chi connectivity index (χ2n) is 5.35. The molecule has 0 saturated carbocycles. The molecule has 2 rings (SSSR count). The third-order valence-corrected chi connectivity index (χ3v) is 3.04. The number of rotatable bonds is 6. The van der Waals surface area contributed by atoms with Crippen molar-refractivity contribution in [1.29, 1.82) is 0 Å². The molecule has 0 unspecified atom stereocenters. The van der Waals surface area contributed by atoms with Gasteiger partial charge in [0.05, 0.1) is 24.0 Å². The second kappa shape index (κ2) is 6.95. The fraction of sp³-hybridized carbons (Fsp3) is 0.429. The lowest BCUT2D eigenvalue weighted by atomic mass is 10.0. The summed E-state index contributed by atoms with van der Waals surface area (Å²) in [5, 5.41) is 18.9. The molecular weight excluding hydrogens is 300 g/mol. The highest BCUT2D eigenvalue weighted by Crippen LogP contribution is 2.16. The molecule has 2 aromatic heterocycles. The van der Waals surface area contributed by atoms with Gasteiger partial charge in [-0.1, -0.05) is 19.1 Å². The van der Waals surface area contributed by atoms with Crippen LogP contribution in [0, 0.1) is 6.92 Å². The van der Waals surface area contributed by atoms with Gasteiger partial charge in [0.1, 0.15) is 18.1 Å². The van der Waals surface area contributed by atoms with Gasteiger partial charge >= 0.3 is 5.97 Å². The Balaban J connectivity index is 2.05. The van der Waals surface area contributed by atoms with E-state index >= 15 is 0 Å². The molecule has 122 valence electrons. The molecule has 0 bridgehead atoms. The predicted molar refractivity (Wildman–Crippen MR) is 79.7 cm³/mol. The van der Waals surface area contributed by atoms with Crippen LogP contribution in [-0.2, 0) is 17.9 Å². The van der Waals surface area contributed by atoms with Gasteiger partial charge in [-0.25, -0.2) is 14.6 Å². The summed E-state index contributed by atoms with van der Waals surface area (Å²) >= 11 is 0. The van der Waals surface area contributed by atoms with Crippen molar-refractivity contribution in [1.82, 2.24) is 30.3 Å². The SMILES string of the molecule is Cc1ncc(C(=O)NCc2cn(CC(=O)O)nn2)c(C(C)C)n1. The summed E-state index contributed by atoms with van der Waals surface area (Å²) in [4.78, 5) is 31.3. The van der Waals surface area contributed by atoms with Crippen molar-refractivity contribution in [3.63, 3.8) is 0 Å². The van der Waals surface area contributed by atoms with E-state index < -0.39 is 5.97 Å². The Hall–Kier alpha value is -2.84. The molecule has 23 heavy (non-hydrogen) atoms. The van der Waals surface area contributed by atoms with Gasteiger partial charge in [0.2, 0.25) is 0 Å². The van der Waals surface area contributed by atoms with Gasteiger partial charge < -0.3 is 10.4 Å². The van der Waals surface area contributed by atoms with Crippen LogP contribution in [-0.4, -0.2) is 41.9 Å². The molecular formula is C14H18N6O3. The molecule has 2 heterocycles. The van der Waals surface area contributed by atoms with Crippen molar-refractivity contribution in [3.05, 3.63) is 35.2 Å². The van der Waals surface area contributed by atoms with E-state index in [1.807, 2.05) is 13.8 Å². The molecule has 0 atom stereocenters. The van der Waals surface area contributed by atoms with Crippen LogP contribution in [0.4, 0.5) is 0 Å². The van der Waals surface area contributed by atoms with E-state index in [4.69, 9.17) is 5.11 Å². The van der Waals surface area contributed by atoms with E-state index in [0.717, 1.165) is 0 Å². The summed E-state index contributed by atoms with van der Waals surface area (Å²) in [7, 11) is 0. The minimum absolute atomic E-state index is 0.0916. The van der Waals surface area contributed by atoms with Crippen LogP contribution in [0.5, 0.6) is 0 Å². The fourth-order valence-electron chi connectivity index (χ4n) is 2.00. The predicted octanol–water partition coefficient (Wildman–Crippen LogP) is 0.515. The Morgan fingerprint density at radius 1 is 1.39 bits per heavy atom. The number of aryl methyl sites for hydroxylation is 1. The standard InChI is InChI=1S/C14H18N6O3/c1-8(2)13-11(5-15-9(3)17-13)14(23)16-4-10-6-20(19-18-10)7-12(21)22/h5-6,8H,4,7H2,1-3H3,(H,16,23)(H,21,22). The molecule has 2 N–H and O–H groups in total. The summed E-state index contributed by atoms with van der Waals surface area (Å²) in [5.41, 5.74) is 1.58. The number of hydrogen-bond acceptors (Lipinski definition) is 6. The monoisotopic (exact) mass is 318 g/mol. The minimum atomic E-state index is -1.01. The van der Waals surface area contributed by atoms with E-state index in [-0.39, 0.29) is 24.9 Å². The highest BCUT2D eigenvalue weighted by atomic mass is 16.4. The lowest BCUT2D eigenvalue weighted by Crippen LogP contribution is -2.25. The van der Waals surface area contributed by atoms with Crippen molar-refractivity contribution >= 4 is 11.9 Å². The van der Waals surface area contributed by atoms with Gasteiger partial charge in [-0.3, -0.25) is 9.59 Å². The van der Waals surface area contributed by atoms with Crippen LogP contribution in [0.25, 0.3) is 0 Å². The van der Waals surface area contributed by atoms with Crippen LogP contribution in [0.2, 0.25) is 0 Å². The zero-order chi connectivity index (χ0) is 17.0. The first-order valence-electron chi connectivity index (χ1n) is 7.09. The number of nitrogens with zero attached hydrogens (tertiary/aromatic N) is 5. The molecule has 9 nitrogen and oxygen atoms in total. The maximum absolute atomic E-state index is 12.3. The summed E-state index contributed by atoms with van der Waals surface area (Å²) < 4.78 is 1.19. The zero-order valence-corrected chi connectivity index (χ0v) is 13.1. The van der Waals surface area contributed by atoms with Crippen molar-refractivity contribution < 1.29 is 14.7 Å². The summed E-state index contributed by atoms with van der Waals surface area (Å²) in [6.45, 7) is 5.55. The van der Waals surface area contributed by atoms with Gasteiger partial charge in [0.25, 0.3) is 5.91 Å². The first-order chi connectivity index (χ1) is 10.9. The van der Waals surface area contributed by atoms with Gasteiger partial charge in [-0.05, 0) is 12.8 Å². The average Bonchev–Trinajstić information content (AvgIpc) is 2.91. The Bertz CT molecular complexity index is 725. The van der Waals surface area contributed by atoms with Crippen LogP contribution in [0.3, 0.4) is 0 Å². The minimum Gasteiger partial charge on any atom is -0.480 e. The van der Waals surface area contributed by atoms with Crippen molar-refractivity contribution in [3.8, 4) is 0 Å². The average molecular weight is 318 g/mol. The smallest absolute Gasteiger partial charge is 0.325 e. The summed E-state index contributed by atoms with van der Waals surface area (Å²) in [6.07, 6.45) is 2.98. The summed E-state index contributed by atoms with van der Waals surface area (Å²) in [6, 6.07) is 0. The topological polar surface area (TPSA) is 123 Å². The molecule has 0 radical (unpaired) electrons. The summed E-state index contributed by atoms with van der Waals surface area (Å²) in [5.74, 6) is -0.610. The molecule has 0 aromatic carbocycles. The number of hydrogen-bond donors (Lipinski definition) is 2. The number of aliphatic carboxylic acids is 1. The van der Waals surface area contributed by atoms with Gasteiger partial charge in [0.15, 0.2) is 0 Å². The van der Waals surface area contributed by atoms with E-state index in [0.29, 0.717) is 22.8 Å². The zero-order valence-electron chi connectivity index (χ0n) is 13.1. The van der Waals surface area contributed by atoms with E-state index in [9.17, 15) is 9.59 Å². The number of carboxylic acids is 1. The first-order valence-corrected chi connectivity index (χ1v) is 7.09. The van der Waals surface area contributed by atoms with Gasteiger partial charge in [-0.2, -0.15) is 0 Å². The molecule has 1 amide bonds. The number of carbonyl (C=O) groups excluding carboxylic acids is 1. The van der Waals surface area contributed by atoms with Crippen LogP contribution >= 0.6 is 0 Å². The number of nitrogens with one attached hydrogen (secondary N) is 1. The molecule has 0 fully saturated rings. The molecule has 0 aliphatic rings. The van der Waals surface area contributed by atoms with Crippen molar-refractivity contribution in [2.45, 2.75) is 39.8 Å². The molecule has 0 aliphatic carbocycles. The molecule has 2 aromatic rings. The Morgan fingerprint density at radius 3 is 2.78 bits per heavy atom. The maximum Gasteiger partial charge on any atom is 0.325 e.